The van der Waals surface area contributed by atoms with Crippen molar-refractivity contribution in [2.24, 2.45) is 11.8 Å². The number of halogens is 2. The van der Waals surface area contributed by atoms with Gasteiger partial charge in [-0.05, 0) is 61.3 Å². The predicted molar refractivity (Wildman–Crippen MR) is 85.8 cm³/mol. The van der Waals surface area contributed by atoms with Gasteiger partial charge in [-0.2, -0.15) is 0 Å². The van der Waals surface area contributed by atoms with E-state index in [1.807, 2.05) is 0 Å². The molecule has 1 aliphatic heterocycles. The molecule has 4 rings (SSSR count). The summed E-state index contributed by atoms with van der Waals surface area (Å²) in [6, 6.07) is 2.50. The largest absolute Gasteiger partial charge is 0.480 e. The van der Waals surface area contributed by atoms with E-state index in [9.17, 15) is 23.5 Å². The number of carbonyl (C=O) groups is 2. The van der Waals surface area contributed by atoms with E-state index >= 15 is 0 Å². The SMILES string of the molecule is O=C(O)C1CC2CCCCC2N1C(=O)C1CC1c1cc(F)ccc1F. The number of hydrogen-bond acceptors (Lipinski definition) is 2. The van der Waals surface area contributed by atoms with Crippen LogP contribution in [0.5, 0.6) is 0 Å². The lowest BCUT2D eigenvalue weighted by atomic mass is 9.84. The maximum atomic E-state index is 14.0. The molecular formula is C19H21F2NO3. The zero-order valence-electron chi connectivity index (χ0n) is 13.8. The molecule has 25 heavy (non-hydrogen) atoms. The topological polar surface area (TPSA) is 57.6 Å². The molecule has 3 aliphatic rings. The fourth-order valence-corrected chi connectivity index (χ4v) is 4.80. The van der Waals surface area contributed by atoms with E-state index in [0.717, 1.165) is 43.9 Å². The van der Waals surface area contributed by atoms with Gasteiger partial charge in [0, 0.05) is 12.0 Å². The minimum Gasteiger partial charge on any atom is -0.480 e. The lowest BCUT2D eigenvalue weighted by Gasteiger charge is -2.33. The predicted octanol–water partition coefficient (Wildman–Crippen LogP) is 3.31. The highest BCUT2D eigenvalue weighted by atomic mass is 19.1. The summed E-state index contributed by atoms with van der Waals surface area (Å²) in [7, 11) is 0. The number of benzene rings is 1. The summed E-state index contributed by atoms with van der Waals surface area (Å²) in [5.41, 5.74) is 0.226. The second-order valence-electron chi connectivity index (χ2n) is 7.56. The monoisotopic (exact) mass is 349 g/mol. The van der Waals surface area contributed by atoms with E-state index in [-0.39, 0.29) is 29.3 Å². The van der Waals surface area contributed by atoms with Crippen molar-refractivity contribution in [3.8, 4) is 0 Å². The molecule has 134 valence electrons. The number of nitrogens with zero attached hydrogens (tertiary/aromatic N) is 1. The Bertz CT molecular complexity index is 723. The van der Waals surface area contributed by atoms with Crippen LogP contribution in [0.25, 0.3) is 0 Å². The number of amides is 1. The number of fused-ring (bicyclic) bond motifs is 1. The number of carbonyl (C=O) groups excluding carboxylic acids is 1. The van der Waals surface area contributed by atoms with Gasteiger partial charge in [-0.1, -0.05) is 12.8 Å². The second kappa shape index (κ2) is 6.07. The van der Waals surface area contributed by atoms with Crippen LogP contribution in [0.3, 0.4) is 0 Å². The van der Waals surface area contributed by atoms with Gasteiger partial charge in [-0.15, -0.1) is 0 Å². The van der Waals surface area contributed by atoms with Crippen molar-refractivity contribution in [3.05, 3.63) is 35.4 Å². The minimum atomic E-state index is -0.961. The summed E-state index contributed by atoms with van der Waals surface area (Å²) < 4.78 is 27.4. The van der Waals surface area contributed by atoms with Crippen LogP contribution in [0.15, 0.2) is 18.2 Å². The first-order chi connectivity index (χ1) is 12.0. The van der Waals surface area contributed by atoms with E-state index in [1.165, 1.54) is 0 Å². The van der Waals surface area contributed by atoms with Gasteiger partial charge in [0.15, 0.2) is 0 Å². The van der Waals surface area contributed by atoms with E-state index in [4.69, 9.17) is 0 Å². The van der Waals surface area contributed by atoms with Crippen LogP contribution >= 0.6 is 0 Å². The third kappa shape index (κ3) is 2.81. The van der Waals surface area contributed by atoms with Crippen LogP contribution < -0.4 is 0 Å². The van der Waals surface area contributed by atoms with Gasteiger partial charge in [0.2, 0.25) is 5.91 Å². The summed E-state index contributed by atoms with van der Waals surface area (Å²) >= 11 is 0. The summed E-state index contributed by atoms with van der Waals surface area (Å²) in [5.74, 6) is -2.71. The van der Waals surface area contributed by atoms with Gasteiger partial charge in [0.1, 0.15) is 17.7 Å². The zero-order valence-corrected chi connectivity index (χ0v) is 13.8. The van der Waals surface area contributed by atoms with Crippen LogP contribution in [-0.2, 0) is 9.59 Å². The van der Waals surface area contributed by atoms with E-state index in [2.05, 4.69) is 0 Å². The Balaban J connectivity index is 1.56. The Morgan fingerprint density at radius 1 is 1.12 bits per heavy atom. The van der Waals surface area contributed by atoms with Crippen molar-refractivity contribution in [3.63, 3.8) is 0 Å². The fraction of sp³-hybridized carbons (Fsp3) is 0.579. The Kier molecular flexibility index (Phi) is 4.01. The maximum Gasteiger partial charge on any atom is 0.326 e. The Labute approximate surface area is 144 Å². The Morgan fingerprint density at radius 2 is 1.88 bits per heavy atom. The van der Waals surface area contributed by atoms with Gasteiger partial charge in [-0.25, -0.2) is 13.6 Å². The average molecular weight is 349 g/mol. The summed E-state index contributed by atoms with van der Waals surface area (Å²) in [6.07, 6.45) is 4.85. The van der Waals surface area contributed by atoms with Crippen molar-refractivity contribution in [1.82, 2.24) is 4.90 Å². The molecule has 2 aliphatic carbocycles. The standard InChI is InChI=1S/C19H21F2NO3/c20-11-5-6-15(21)13(8-11)12-9-14(12)18(23)22-16-4-2-1-3-10(16)7-17(22)19(24)25/h5-6,8,10,12,14,16-17H,1-4,7,9H2,(H,24,25). The lowest BCUT2D eigenvalue weighted by Crippen LogP contribution is -2.47. The molecule has 1 N–H and O–H groups in total. The number of rotatable bonds is 3. The molecule has 1 aromatic carbocycles. The number of hydrogen-bond donors (Lipinski definition) is 1. The molecule has 1 aromatic rings. The van der Waals surface area contributed by atoms with Gasteiger partial charge >= 0.3 is 5.97 Å². The van der Waals surface area contributed by atoms with Gasteiger partial charge in [-0.3, -0.25) is 4.79 Å². The first-order valence-electron chi connectivity index (χ1n) is 8.97. The molecule has 0 bridgehead atoms. The lowest BCUT2D eigenvalue weighted by molar-refractivity contribution is -0.150. The van der Waals surface area contributed by atoms with Crippen molar-refractivity contribution < 1.29 is 23.5 Å². The average Bonchev–Trinajstić information content (AvgIpc) is 3.28. The number of carboxylic acid groups (broad SMARTS) is 1. The summed E-state index contributed by atoms with van der Waals surface area (Å²) in [4.78, 5) is 26.2. The molecular weight excluding hydrogens is 328 g/mol. The summed E-state index contributed by atoms with van der Waals surface area (Å²) in [6.45, 7) is 0. The van der Waals surface area contributed by atoms with Crippen LogP contribution in [0.1, 0.15) is 50.0 Å². The van der Waals surface area contributed by atoms with Crippen LogP contribution in [0, 0.1) is 23.5 Å². The van der Waals surface area contributed by atoms with Crippen LogP contribution in [-0.4, -0.2) is 34.0 Å². The first kappa shape index (κ1) is 16.5. The van der Waals surface area contributed by atoms with Crippen molar-refractivity contribution in [1.29, 1.82) is 0 Å². The van der Waals surface area contributed by atoms with Crippen LogP contribution in [0.4, 0.5) is 8.78 Å². The van der Waals surface area contributed by atoms with E-state index < -0.39 is 29.6 Å². The fourth-order valence-electron chi connectivity index (χ4n) is 4.80. The molecule has 1 heterocycles. The normalized spacial score (nSPS) is 33.8. The summed E-state index contributed by atoms with van der Waals surface area (Å²) in [5, 5.41) is 9.54. The quantitative estimate of drug-likeness (QED) is 0.911. The van der Waals surface area contributed by atoms with Crippen LogP contribution in [0.2, 0.25) is 0 Å². The molecule has 5 atom stereocenters. The third-order valence-corrected chi connectivity index (χ3v) is 6.09. The molecule has 5 unspecified atom stereocenters. The second-order valence-corrected chi connectivity index (χ2v) is 7.56. The van der Waals surface area contributed by atoms with Gasteiger partial charge in [0.25, 0.3) is 0 Å². The molecule has 3 fully saturated rings. The van der Waals surface area contributed by atoms with E-state index in [0.29, 0.717) is 12.8 Å². The number of aliphatic carboxylic acids is 1. The molecule has 2 saturated carbocycles. The molecule has 0 aromatic heterocycles. The first-order valence-corrected chi connectivity index (χ1v) is 8.97. The van der Waals surface area contributed by atoms with E-state index in [1.54, 1.807) is 4.90 Å². The van der Waals surface area contributed by atoms with Crippen molar-refractivity contribution in [2.45, 2.75) is 56.5 Å². The third-order valence-electron chi connectivity index (χ3n) is 6.09. The zero-order chi connectivity index (χ0) is 17.7. The highest BCUT2D eigenvalue weighted by molar-refractivity contribution is 5.88. The Hall–Kier alpha value is -1.98. The van der Waals surface area contributed by atoms with Gasteiger partial charge < -0.3 is 10.0 Å². The van der Waals surface area contributed by atoms with Crippen molar-refractivity contribution >= 4 is 11.9 Å². The Morgan fingerprint density at radius 3 is 2.64 bits per heavy atom. The highest BCUT2D eigenvalue weighted by Crippen LogP contribution is 2.51. The molecule has 4 nitrogen and oxygen atoms in total. The smallest absolute Gasteiger partial charge is 0.326 e. The van der Waals surface area contributed by atoms with Crippen molar-refractivity contribution in [2.75, 3.05) is 0 Å². The molecule has 1 saturated heterocycles. The number of likely N-dealkylation sites (tertiary alicyclic amines) is 1. The molecule has 1 amide bonds. The minimum absolute atomic E-state index is 0.0130. The highest BCUT2D eigenvalue weighted by Gasteiger charge is 2.54. The molecule has 6 heteroatoms. The molecule has 0 radical (unpaired) electrons. The maximum absolute atomic E-state index is 14.0. The molecule has 0 spiro atoms. The van der Waals surface area contributed by atoms with Gasteiger partial charge in [0.05, 0.1) is 0 Å². The number of carboxylic acids is 1.